The number of rotatable bonds is 3. The van der Waals surface area contributed by atoms with Crippen LogP contribution in [-0.2, 0) is 12.8 Å². The van der Waals surface area contributed by atoms with Crippen LogP contribution in [0.4, 0.5) is 0 Å². The normalized spacial score (nSPS) is 16.2. The number of allylic oxidation sites excluding steroid dienone is 2. The average molecular weight is 326 g/mol. The van der Waals surface area contributed by atoms with Crippen molar-refractivity contribution >= 4 is 0 Å². The van der Waals surface area contributed by atoms with Crippen LogP contribution in [0.15, 0.2) is 42.0 Å². The van der Waals surface area contributed by atoms with Gasteiger partial charge in [-0.3, -0.25) is 0 Å². The van der Waals surface area contributed by atoms with Crippen molar-refractivity contribution in [3.05, 3.63) is 58.7 Å². The number of benzene rings is 2. The Balaban J connectivity index is 1.89. The molecule has 0 aromatic heterocycles. The van der Waals surface area contributed by atoms with Crippen LogP contribution in [0.25, 0.3) is 0 Å². The molecule has 24 heavy (non-hydrogen) atoms. The van der Waals surface area contributed by atoms with E-state index in [0.29, 0.717) is 18.8 Å². The van der Waals surface area contributed by atoms with Crippen LogP contribution in [0, 0.1) is 0 Å². The quantitative estimate of drug-likeness (QED) is 0.745. The Kier molecular flexibility index (Phi) is 4.38. The molecule has 4 heteroatoms. The van der Waals surface area contributed by atoms with Crippen molar-refractivity contribution in [2.75, 3.05) is 6.61 Å². The lowest BCUT2D eigenvalue weighted by atomic mass is 9.88. The Morgan fingerprint density at radius 1 is 1.12 bits per heavy atom. The fourth-order valence-electron chi connectivity index (χ4n) is 3.03. The molecule has 1 atom stereocenters. The SMILES string of the molecule is CC(C)=CCc1cc2c(cc1O)OC[C@@H](c1ccc(O)cc1O)C2. The molecular formula is C20H22O4. The van der Waals surface area contributed by atoms with Crippen molar-refractivity contribution in [1.82, 2.24) is 0 Å². The highest BCUT2D eigenvalue weighted by molar-refractivity contribution is 5.50. The van der Waals surface area contributed by atoms with Crippen molar-refractivity contribution in [3.63, 3.8) is 0 Å². The van der Waals surface area contributed by atoms with Crippen LogP contribution < -0.4 is 4.74 Å². The Morgan fingerprint density at radius 3 is 2.62 bits per heavy atom. The Bertz CT molecular complexity index is 788. The molecule has 2 aromatic rings. The van der Waals surface area contributed by atoms with Gasteiger partial charge in [-0.25, -0.2) is 0 Å². The molecule has 0 aliphatic carbocycles. The van der Waals surface area contributed by atoms with E-state index in [0.717, 1.165) is 23.1 Å². The van der Waals surface area contributed by atoms with Gasteiger partial charge in [0, 0.05) is 23.6 Å². The number of phenols is 3. The van der Waals surface area contributed by atoms with E-state index in [1.165, 1.54) is 11.6 Å². The van der Waals surface area contributed by atoms with Crippen molar-refractivity contribution in [1.29, 1.82) is 0 Å². The van der Waals surface area contributed by atoms with Gasteiger partial charge in [0.2, 0.25) is 0 Å². The Morgan fingerprint density at radius 2 is 1.92 bits per heavy atom. The second-order valence-electron chi connectivity index (χ2n) is 6.53. The number of hydrogen-bond donors (Lipinski definition) is 3. The second-order valence-corrected chi connectivity index (χ2v) is 6.53. The van der Waals surface area contributed by atoms with Crippen LogP contribution in [0.5, 0.6) is 23.0 Å². The summed E-state index contributed by atoms with van der Waals surface area (Å²) in [7, 11) is 0. The fraction of sp³-hybridized carbons (Fsp3) is 0.300. The summed E-state index contributed by atoms with van der Waals surface area (Å²) >= 11 is 0. The molecule has 2 aromatic carbocycles. The molecule has 126 valence electrons. The summed E-state index contributed by atoms with van der Waals surface area (Å²) in [6, 6.07) is 8.31. The predicted octanol–water partition coefficient (Wildman–Crippen LogP) is 4.03. The first kappa shape index (κ1) is 16.2. The van der Waals surface area contributed by atoms with E-state index in [2.05, 4.69) is 6.08 Å². The fourth-order valence-corrected chi connectivity index (χ4v) is 3.03. The minimum atomic E-state index is 0.0129. The summed E-state index contributed by atoms with van der Waals surface area (Å²) in [6.45, 7) is 4.49. The van der Waals surface area contributed by atoms with Gasteiger partial charge in [-0.2, -0.15) is 0 Å². The minimum Gasteiger partial charge on any atom is -0.508 e. The van der Waals surface area contributed by atoms with Crippen molar-refractivity contribution in [2.45, 2.75) is 32.6 Å². The number of hydrogen-bond acceptors (Lipinski definition) is 4. The van der Waals surface area contributed by atoms with Crippen LogP contribution in [0.1, 0.15) is 36.5 Å². The van der Waals surface area contributed by atoms with E-state index in [9.17, 15) is 15.3 Å². The smallest absolute Gasteiger partial charge is 0.126 e. The highest BCUT2D eigenvalue weighted by Gasteiger charge is 2.25. The summed E-state index contributed by atoms with van der Waals surface area (Å²) in [6.07, 6.45) is 3.47. The zero-order valence-electron chi connectivity index (χ0n) is 13.9. The molecule has 0 spiro atoms. The average Bonchev–Trinajstić information content (AvgIpc) is 2.52. The highest BCUT2D eigenvalue weighted by Crippen LogP contribution is 2.39. The molecule has 0 saturated carbocycles. The third-order valence-corrected chi connectivity index (χ3v) is 4.35. The molecule has 0 fully saturated rings. The number of fused-ring (bicyclic) bond motifs is 1. The van der Waals surface area contributed by atoms with Gasteiger partial charge in [0.25, 0.3) is 0 Å². The lowest BCUT2D eigenvalue weighted by Crippen LogP contribution is -2.19. The third kappa shape index (κ3) is 3.32. The summed E-state index contributed by atoms with van der Waals surface area (Å²) in [5.74, 6) is 1.08. The van der Waals surface area contributed by atoms with Crippen molar-refractivity contribution in [2.24, 2.45) is 0 Å². The van der Waals surface area contributed by atoms with E-state index in [1.807, 2.05) is 19.9 Å². The van der Waals surface area contributed by atoms with Crippen LogP contribution in [-0.4, -0.2) is 21.9 Å². The lowest BCUT2D eigenvalue weighted by Gasteiger charge is -2.27. The molecule has 3 N–H and O–H groups in total. The number of ether oxygens (including phenoxy) is 1. The molecule has 0 bridgehead atoms. The molecule has 3 rings (SSSR count). The van der Waals surface area contributed by atoms with E-state index in [-0.39, 0.29) is 23.2 Å². The Hall–Kier alpha value is -2.62. The zero-order chi connectivity index (χ0) is 17.3. The monoisotopic (exact) mass is 326 g/mol. The first-order chi connectivity index (χ1) is 11.4. The number of aromatic hydroxyl groups is 3. The van der Waals surface area contributed by atoms with Gasteiger partial charge in [0.15, 0.2) is 0 Å². The van der Waals surface area contributed by atoms with Gasteiger partial charge in [-0.15, -0.1) is 0 Å². The van der Waals surface area contributed by atoms with Gasteiger partial charge in [0.1, 0.15) is 23.0 Å². The molecule has 0 unspecified atom stereocenters. The van der Waals surface area contributed by atoms with Gasteiger partial charge in [0.05, 0.1) is 6.61 Å². The number of phenolic OH excluding ortho intramolecular Hbond substituents is 3. The first-order valence-electron chi connectivity index (χ1n) is 8.07. The minimum absolute atomic E-state index is 0.0129. The van der Waals surface area contributed by atoms with Crippen molar-refractivity contribution in [3.8, 4) is 23.0 Å². The summed E-state index contributed by atoms with van der Waals surface area (Å²) in [5.41, 5.74) is 3.86. The molecule has 1 heterocycles. The molecule has 0 saturated heterocycles. The Labute approximate surface area is 141 Å². The van der Waals surface area contributed by atoms with Crippen LogP contribution >= 0.6 is 0 Å². The standard InChI is InChI=1S/C20H22O4/c1-12(2)3-4-13-7-14-8-15(11-24-20(14)10-18(13)22)17-6-5-16(21)9-19(17)23/h3,5-7,9-10,15,21-23H,4,8,11H2,1-2H3/t15-/m0/s1. The molecule has 0 amide bonds. The largest absolute Gasteiger partial charge is 0.508 e. The molecule has 1 aliphatic rings. The van der Waals surface area contributed by atoms with E-state index in [4.69, 9.17) is 4.74 Å². The summed E-state index contributed by atoms with van der Waals surface area (Å²) in [5, 5.41) is 29.7. The molecule has 4 nitrogen and oxygen atoms in total. The van der Waals surface area contributed by atoms with Gasteiger partial charge < -0.3 is 20.1 Å². The maximum Gasteiger partial charge on any atom is 0.126 e. The summed E-state index contributed by atoms with van der Waals surface area (Å²) in [4.78, 5) is 0. The van der Waals surface area contributed by atoms with E-state index < -0.39 is 0 Å². The first-order valence-corrected chi connectivity index (χ1v) is 8.07. The molecule has 0 radical (unpaired) electrons. The molecule has 1 aliphatic heterocycles. The second kappa shape index (κ2) is 6.48. The van der Waals surface area contributed by atoms with Gasteiger partial charge >= 0.3 is 0 Å². The van der Waals surface area contributed by atoms with Gasteiger partial charge in [-0.05, 0) is 49.9 Å². The zero-order valence-corrected chi connectivity index (χ0v) is 13.9. The molecular weight excluding hydrogens is 304 g/mol. The van der Waals surface area contributed by atoms with Gasteiger partial charge in [-0.1, -0.05) is 17.7 Å². The maximum absolute atomic E-state index is 10.2. The van der Waals surface area contributed by atoms with Crippen LogP contribution in [0.2, 0.25) is 0 Å². The predicted molar refractivity (Wildman–Crippen MR) is 93.0 cm³/mol. The third-order valence-electron chi connectivity index (χ3n) is 4.35. The van der Waals surface area contributed by atoms with E-state index in [1.54, 1.807) is 18.2 Å². The summed E-state index contributed by atoms with van der Waals surface area (Å²) < 4.78 is 5.79. The van der Waals surface area contributed by atoms with Crippen molar-refractivity contribution < 1.29 is 20.1 Å². The topological polar surface area (TPSA) is 69.9 Å². The highest BCUT2D eigenvalue weighted by atomic mass is 16.5. The van der Waals surface area contributed by atoms with Crippen LogP contribution in [0.3, 0.4) is 0 Å². The lowest BCUT2D eigenvalue weighted by molar-refractivity contribution is 0.258. The maximum atomic E-state index is 10.2. The van der Waals surface area contributed by atoms with E-state index >= 15 is 0 Å².